The van der Waals surface area contributed by atoms with Gasteiger partial charge < -0.3 is 10.7 Å². The highest BCUT2D eigenvalue weighted by atomic mass is 35.5. The lowest BCUT2D eigenvalue weighted by molar-refractivity contribution is 0.555. The summed E-state index contributed by atoms with van der Waals surface area (Å²) in [6, 6.07) is 3.63. The van der Waals surface area contributed by atoms with Crippen molar-refractivity contribution in [2.45, 2.75) is 25.3 Å². The summed E-state index contributed by atoms with van der Waals surface area (Å²) in [5, 5.41) is 10.9. The molecule has 5 heterocycles. The quantitative estimate of drug-likeness (QED) is 0.361. The zero-order valence-corrected chi connectivity index (χ0v) is 19.7. The topological polar surface area (TPSA) is 159 Å². The number of H-pyrrole nitrogens is 1. The number of nitrogens with zero attached hydrogens (tertiary/aromatic N) is 9. The maximum Gasteiger partial charge on any atom is 0.254 e. The Morgan fingerprint density at radius 2 is 2.03 bits per heavy atom. The van der Waals surface area contributed by atoms with E-state index < -0.39 is 23.4 Å². The van der Waals surface area contributed by atoms with Crippen molar-refractivity contribution in [2.75, 3.05) is 5.73 Å². The fourth-order valence-electron chi connectivity index (χ4n) is 4.51. The van der Waals surface area contributed by atoms with Crippen molar-refractivity contribution in [1.82, 2.24) is 49.7 Å². The second-order valence-corrected chi connectivity index (χ2v) is 8.89. The lowest BCUT2D eigenvalue weighted by atomic mass is 10.1. The summed E-state index contributed by atoms with van der Waals surface area (Å²) in [5.74, 6) is -0.980. The number of rotatable bonds is 4. The van der Waals surface area contributed by atoms with E-state index in [0.29, 0.717) is 18.1 Å². The zero-order valence-electron chi connectivity index (χ0n) is 19.0. The van der Waals surface area contributed by atoms with E-state index in [4.69, 9.17) is 17.3 Å². The van der Waals surface area contributed by atoms with Gasteiger partial charge in [0.2, 0.25) is 5.95 Å². The minimum absolute atomic E-state index is 0.00589. The number of benzene rings is 1. The first kappa shape index (κ1) is 22.8. The maximum atomic E-state index is 15.3. The van der Waals surface area contributed by atoms with E-state index in [1.54, 1.807) is 6.07 Å². The molecular weight excluding hydrogens is 508 g/mol. The highest BCUT2D eigenvalue weighted by Crippen LogP contribution is 2.39. The number of nitrogens with one attached hydrogen (secondary N) is 1. The van der Waals surface area contributed by atoms with Gasteiger partial charge in [-0.25, -0.2) is 19.3 Å². The van der Waals surface area contributed by atoms with Gasteiger partial charge in [0.15, 0.2) is 5.82 Å². The second-order valence-electron chi connectivity index (χ2n) is 8.49. The number of nitrogens with two attached hydrogens (primary N) is 1. The molecule has 4 aromatic heterocycles. The molecule has 0 radical (unpaired) electrons. The first-order chi connectivity index (χ1) is 17.8. The van der Waals surface area contributed by atoms with Gasteiger partial charge in [0.05, 0.1) is 46.1 Å². The highest BCUT2D eigenvalue weighted by molar-refractivity contribution is 6.31. The number of halogens is 3. The Morgan fingerprint density at radius 1 is 1.19 bits per heavy atom. The van der Waals surface area contributed by atoms with Crippen LogP contribution in [0.25, 0.3) is 28.3 Å². The molecule has 0 saturated heterocycles. The monoisotopic (exact) mass is 523 g/mol. The average molecular weight is 524 g/mol. The van der Waals surface area contributed by atoms with Gasteiger partial charge in [0.1, 0.15) is 29.5 Å². The van der Waals surface area contributed by atoms with E-state index in [9.17, 15) is 9.18 Å². The number of hydrogen-bond donors (Lipinski definition) is 2. The SMILES string of the molecule is CC1CC(c2ncc(-c3ncc(N)nc3F)[nH]2)n2c1nc(-c1c(-n3cnnn3)ccc(Cl)c1F)cc2=O. The van der Waals surface area contributed by atoms with Gasteiger partial charge in [0, 0.05) is 12.0 Å². The largest absolute Gasteiger partial charge is 0.382 e. The number of aromatic amines is 1. The molecule has 1 aliphatic heterocycles. The third kappa shape index (κ3) is 3.72. The third-order valence-electron chi connectivity index (χ3n) is 6.15. The van der Waals surface area contributed by atoms with E-state index in [2.05, 4.69) is 40.4 Å². The molecule has 186 valence electrons. The van der Waals surface area contributed by atoms with Gasteiger partial charge in [-0.3, -0.25) is 9.36 Å². The number of nitrogen functional groups attached to an aromatic ring is 1. The molecule has 2 atom stereocenters. The van der Waals surface area contributed by atoms with Crippen LogP contribution in [0.15, 0.2) is 41.7 Å². The van der Waals surface area contributed by atoms with Crippen LogP contribution in [0.1, 0.15) is 37.0 Å². The zero-order chi connectivity index (χ0) is 25.8. The van der Waals surface area contributed by atoms with Crippen molar-refractivity contribution in [2.24, 2.45) is 0 Å². The standard InChI is InChI=1S/C22H16ClF2N11O/c1-9-4-14(21-28-6-12(30-21)19-20(25)32-15(26)7-27-19)36-16(37)5-11(31-22(9)36)17-13(35-8-29-33-34-35)3-2-10(23)18(17)24/h2-3,5-9,14H,4H2,1H3,(H2,26,32)(H,28,30). The predicted octanol–water partition coefficient (Wildman–Crippen LogP) is 2.68. The number of anilines is 1. The lowest BCUT2D eigenvalue weighted by Crippen LogP contribution is -2.25. The average Bonchev–Trinajstić information content (AvgIpc) is 3.62. The van der Waals surface area contributed by atoms with Crippen molar-refractivity contribution in [3.05, 3.63) is 75.7 Å². The minimum Gasteiger partial charge on any atom is -0.382 e. The minimum atomic E-state index is -0.846. The van der Waals surface area contributed by atoms with E-state index in [1.165, 1.54) is 40.1 Å². The van der Waals surface area contributed by atoms with Gasteiger partial charge in [0.25, 0.3) is 5.56 Å². The molecule has 6 rings (SSSR count). The number of fused-ring (bicyclic) bond motifs is 1. The molecule has 0 spiro atoms. The van der Waals surface area contributed by atoms with E-state index in [1.807, 2.05) is 6.92 Å². The summed E-state index contributed by atoms with van der Waals surface area (Å²) < 4.78 is 32.3. The van der Waals surface area contributed by atoms with Crippen LogP contribution in [0.5, 0.6) is 0 Å². The normalized spacial score (nSPS) is 16.8. The molecule has 2 unspecified atom stereocenters. The van der Waals surface area contributed by atoms with Crippen LogP contribution in [-0.2, 0) is 0 Å². The summed E-state index contributed by atoms with van der Waals surface area (Å²) in [7, 11) is 0. The van der Waals surface area contributed by atoms with Crippen LogP contribution in [0.4, 0.5) is 14.6 Å². The maximum absolute atomic E-state index is 15.3. The number of tetrazole rings is 1. The Morgan fingerprint density at radius 3 is 2.78 bits per heavy atom. The molecule has 1 aliphatic rings. The van der Waals surface area contributed by atoms with Gasteiger partial charge in [-0.1, -0.05) is 18.5 Å². The van der Waals surface area contributed by atoms with E-state index in [-0.39, 0.29) is 45.1 Å². The molecule has 1 aromatic carbocycles. The summed E-state index contributed by atoms with van der Waals surface area (Å²) in [5.41, 5.74) is 5.65. The Bertz CT molecular complexity index is 1720. The molecule has 0 amide bonds. The fraction of sp³-hybridized carbons (Fsp3) is 0.182. The van der Waals surface area contributed by atoms with Gasteiger partial charge in [-0.05, 0) is 29.0 Å². The summed E-state index contributed by atoms with van der Waals surface area (Å²) in [6.45, 7) is 1.90. The first-order valence-electron chi connectivity index (χ1n) is 11.0. The van der Waals surface area contributed by atoms with Gasteiger partial charge >= 0.3 is 0 Å². The first-order valence-corrected chi connectivity index (χ1v) is 11.4. The molecule has 0 aliphatic carbocycles. The molecule has 0 fully saturated rings. The smallest absolute Gasteiger partial charge is 0.254 e. The van der Waals surface area contributed by atoms with Crippen LogP contribution in [0, 0.1) is 11.8 Å². The molecule has 5 aromatic rings. The van der Waals surface area contributed by atoms with Crippen molar-refractivity contribution in [3.63, 3.8) is 0 Å². The predicted molar refractivity (Wildman–Crippen MR) is 127 cm³/mol. The van der Waals surface area contributed by atoms with Crippen LogP contribution in [-0.4, -0.2) is 49.7 Å². The number of aromatic nitrogens is 10. The lowest BCUT2D eigenvalue weighted by Gasteiger charge is -2.15. The van der Waals surface area contributed by atoms with Crippen LogP contribution < -0.4 is 11.3 Å². The summed E-state index contributed by atoms with van der Waals surface area (Å²) >= 11 is 6.06. The Hall–Kier alpha value is -4.59. The van der Waals surface area contributed by atoms with Crippen LogP contribution in [0.2, 0.25) is 5.02 Å². The molecule has 0 bridgehead atoms. The third-order valence-corrected chi connectivity index (χ3v) is 6.44. The number of hydrogen-bond acceptors (Lipinski definition) is 9. The summed E-state index contributed by atoms with van der Waals surface area (Å²) in [6.07, 6.45) is 4.43. The second kappa shape index (κ2) is 8.51. The molecule has 15 heteroatoms. The molecule has 0 saturated carbocycles. The van der Waals surface area contributed by atoms with Crippen molar-refractivity contribution in [1.29, 1.82) is 0 Å². The molecule has 12 nitrogen and oxygen atoms in total. The van der Waals surface area contributed by atoms with Crippen LogP contribution in [0.3, 0.4) is 0 Å². The van der Waals surface area contributed by atoms with Crippen LogP contribution >= 0.6 is 11.6 Å². The highest BCUT2D eigenvalue weighted by Gasteiger charge is 2.34. The van der Waals surface area contributed by atoms with Gasteiger partial charge in [-0.15, -0.1) is 5.10 Å². The molecule has 37 heavy (non-hydrogen) atoms. The van der Waals surface area contributed by atoms with Crippen molar-refractivity contribution < 1.29 is 8.78 Å². The van der Waals surface area contributed by atoms with E-state index >= 15 is 4.39 Å². The van der Waals surface area contributed by atoms with Crippen molar-refractivity contribution >= 4 is 17.4 Å². The number of imidazole rings is 1. The van der Waals surface area contributed by atoms with E-state index in [0.717, 1.165) is 0 Å². The van der Waals surface area contributed by atoms with Crippen molar-refractivity contribution in [3.8, 4) is 28.3 Å². The van der Waals surface area contributed by atoms with Gasteiger partial charge in [-0.2, -0.15) is 14.1 Å². The molecule has 3 N–H and O–H groups in total. The Balaban J connectivity index is 1.44. The fourth-order valence-corrected chi connectivity index (χ4v) is 4.67. The Labute approximate surface area is 211 Å². The summed E-state index contributed by atoms with van der Waals surface area (Å²) in [4.78, 5) is 33.0. The molecular formula is C22H16ClF2N11O. The Kier molecular flexibility index (Phi) is 5.26.